The highest BCUT2D eigenvalue weighted by Crippen LogP contribution is 2.28. The maximum absolute atomic E-state index is 5.50. The number of aromatic nitrogens is 2. The quantitative estimate of drug-likeness (QED) is 0.761. The first kappa shape index (κ1) is 10.8. The van der Waals surface area contributed by atoms with Crippen molar-refractivity contribution in [2.45, 2.75) is 6.92 Å². The van der Waals surface area contributed by atoms with Crippen molar-refractivity contribution in [3.63, 3.8) is 0 Å². The van der Waals surface area contributed by atoms with Crippen LogP contribution in [0.3, 0.4) is 0 Å². The van der Waals surface area contributed by atoms with Gasteiger partial charge in [-0.1, -0.05) is 18.2 Å². The fourth-order valence-corrected chi connectivity index (χ4v) is 1.93. The normalized spacial score (nSPS) is 10.7. The van der Waals surface area contributed by atoms with Crippen LogP contribution in [0.1, 0.15) is 6.92 Å². The minimum absolute atomic E-state index is 0.786. The topological polar surface area (TPSA) is 51.0 Å². The lowest BCUT2D eigenvalue weighted by molar-refractivity contribution is 0.616. The molecule has 0 saturated carbocycles. The van der Waals surface area contributed by atoms with Crippen molar-refractivity contribution in [2.24, 2.45) is 0 Å². The van der Waals surface area contributed by atoms with Gasteiger partial charge in [-0.15, -0.1) is 10.2 Å². The van der Waals surface area contributed by atoms with Crippen LogP contribution in [0.15, 0.2) is 47.1 Å². The number of nitrogens with zero attached hydrogens (tertiary/aromatic N) is 2. The Morgan fingerprint density at radius 2 is 2.00 bits per heavy atom. The highest BCUT2D eigenvalue weighted by atomic mass is 16.3. The van der Waals surface area contributed by atoms with Crippen LogP contribution in [0.25, 0.3) is 22.2 Å². The van der Waals surface area contributed by atoms with Crippen LogP contribution in [0.5, 0.6) is 0 Å². The molecule has 0 fully saturated rings. The number of rotatable bonds is 3. The molecule has 0 atom stereocenters. The molecular formula is C14H13N3O. The van der Waals surface area contributed by atoms with Crippen LogP contribution in [0.2, 0.25) is 0 Å². The summed E-state index contributed by atoms with van der Waals surface area (Å²) < 4.78 is 5.50. The van der Waals surface area contributed by atoms with Gasteiger partial charge in [0.2, 0.25) is 0 Å². The minimum Gasteiger partial charge on any atom is -0.464 e. The number of hydrogen-bond acceptors (Lipinski definition) is 4. The monoisotopic (exact) mass is 239 g/mol. The zero-order valence-corrected chi connectivity index (χ0v) is 10.1. The van der Waals surface area contributed by atoms with Crippen molar-refractivity contribution in [1.29, 1.82) is 0 Å². The van der Waals surface area contributed by atoms with E-state index in [1.165, 1.54) is 0 Å². The number of fused-ring (bicyclic) bond motifs is 1. The van der Waals surface area contributed by atoms with Crippen molar-refractivity contribution < 1.29 is 4.42 Å². The van der Waals surface area contributed by atoms with E-state index in [0.717, 1.165) is 34.6 Å². The third-order valence-electron chi connectivity index (χ3n) is 2.78. The summed E-state index contributed by atoms with van der Waals surface area (Å²) in [4.78, 5) is 0. The number of hydrogen-bond donors (Lipinski definition) is 1. The van der Waals surface area contributed by atoms with E-state index in [4.69, 9.17) is 4.42 Å². The smallest absolute Gasteiger partial charge is 0.148 e. The van der Waals surface area contributed by atoms with E-state index in [1.54, 1.807) is 6.26 Å². The maximum Gasteiger partial charge on any atom is 0.148 e. The lowest BCUT2D eigenvalue weighted by atomic mass is 10.1. The molecular weight excluding hydrogens is 226 g/mol. The minimum atomic E-state index is 0.786. The van der Waals surface area contributed by atoms with Gasteiger partial charge in [-0.05, 0) is 25.1 Å². The van der Waals surface area contributed by atoms with E-state index < -0.39 is 0 Å². The molecule has 3 aromatic rings. The summed E-state index contributed by atoms with van der Waals surface area (Å²) in [5.74, 6) is 0.786. The second-order valence-corrected chi connectivity index (χ2v) is 3.98. The van der Waals surface area contributed by atoms with E-state index >= 15 is 0 Å². The van der Waals surface area contributed by atoms with Crippen LogP contribution in [0.4, 0.5) is 5.82 Å². The van der Waals surface area contributed by atoms with Crippen molar-refractivity contribution in [3.05, 3.63) is 42.7 Å². The molecule has 0 radical (unpaired) electrons. The molecule has 4 nitrogen and oxygen atoms in total. The zero-order valence-electron chi connectivity index (χ0n) is 10.1. The molecule has 0 spiro atoms. The van der Waals surface area contributed by atoms with Crippen molar-refractivity contribution in [3.8, 4) is 11.3 Å². The summed E-state index contributed by atoms with van der Waals surface area (Å²) in [6.07, 6.45) is 1.72. The van der Waals surface area contributed by atoms with E-state index in [0.29, 0.717) is 0 Å². The van der Waals surface area contributed by atoms with Crippen LogP contribution < -0.4 is 5.32 Å². The predicted octanol–water partition coefficient (Wildman–Crippen LogP) is 3.32. The fourth-order valence-electron chi connectivity index (χ4n) is 1.93. The molecule has 1 aromatic carbocycles. The van der Waals surface area contributed by atoms with E-state index in [2.05, 4.69) is 15.5 Å². The Bertz CT molecular complexity index is 658. The van der Waals surface area contributed by atoms with Gasteiger partial charge in [0.15, 0.2) is 0 Å². The van der Waals surface area contributed by atoms with Gasteiger partial charge in [0.1, 0.15) is 17.7 Å². The van der Waals surface area contributed by atoms with Gasteiger partial charge >= 0.3 is 0 Å². The van der Waals surface area contributed by atoms with E-state index in [1.807, 2.05) is 43.3 Å². The van der Waals surface area contributed by atoms with Crippen LogP contribution in [-0.4, -0.2) is 16.7 Å². The largest absolute Gasteiger partial charge is 0.464 e. The van der Waals surface area contributed by atoms with Crippen LogP contribution in [0, 0.1) is 0 Å². The molecule has 0 bridgehead atoms. The first-order valence-corrected chi connectivity index (χ1v) is 5.92. The van der Waals surface area contributed by atoms with Gasteiger partial charge in [-0.3, -0.25) is 0 Å². The summed E-state index contributed by atoms with van der Waals surface area (Å²) in [5.41, 5.74) is 2.66. The average molecular weight is 239 g/mol. The zero-order chi connectivity index (χ0) is 12.4. The summed E-state index contributed by atoms with van der Waals surface area (Å²) in [6, 6.07) is 11.8. The lowest BCUT2D eigenvalue weighted by Crippen LogP contribution is -2.00. The maximum atomic E-state index is 5.50. The molecule has 4 heteroatoms. The van der Waals surface area contributed by atoms with E-state index in [9.17, 15) is 0 Å². The highest BCUT2D eigenvalue weighted by molar-refractivity contribution is 5.92. The fraction of sp³-hybridized carbons (Fsp3) is 0.143. The summed E-state index contributed by atoms with van der Waals surface area (Å²) in [7, 11) is 0. The third kappa shape index (κ3) is 1.82. The first-order valence-electron chi connectivity index (χ1n) is 5.92. The Morgan fingerprint density at radius 3 is 2.78 bits per heavy atom. The van der Waals surface area contributed by atoms with E-state index in [-0.39, 0.29) is 0 Å². The SMILES string of the molecule is CCNc1ccc(-c2coc3ccccc23)nn1. The molecule has 18 heavy (non-hydrogen) atoms. The number of nitrogens with one attached hydrogen (secondary N) is 1. The molecule has 0 aliphatic carbocycles. The molecule has 0 amide bonds. The van der Waals surface area contributed by atoms with Crippen LogP contribution >= 0.6 is 0 Å². The van der Waals surface area contributed by atoms with Crippen molar-refractivity contribution >= 4 is 16.8 Å². The third-order valence-corrected chi connectivity index (χ3v) is 2.78. The molecule has 2 heterocycles. The number of furan rings is 1. The van der Waals surface area contributed by atoms with Gasteiger partial charge in [0, 0.05) is 17.5 Å². The first-order chi connectivity index (χ1) is 8.88. The second kappa shape index (κ2) is 4.49. The van der Waals surface area contributed by atoms with Gasteiger partial charge in [0.05, 0.1) is 5.69 Å². The molecule has 1 N–H and O–H groups in total. The molecule has 2 aromatic heterocycles. The standard InChI is InChI=1S/C14H13N3O/c1-2-15-14-8-7-12(16-17-14)11-9-18-13-6-4-3-5-10(11)13/h3-9H,2H2,1H3,(H,15,17). The molecule has 0 unspecified atom stereocenters. The molecule has 90 valence electrons. The van der Waals surface area contributed by atoms with Crippen molar-refractivity contribution in [2.75, 3.05) is 11.9 Å². The van der Waals surface area contributed by atoms with Gasteiger partial charge < -0.3 is 9.73 Å². The molecule has 0 aliphatic rings. The number of benzene rings is 1. The predicted molar refractivity (Wildman–Crippen MR) is 71.4 cm³/mol. The lowest BCUT2D eigenvalue weighted by Gasteiger charge is -2.01. The van der Waals surface area contributed by atoms with Gasteiger partial charge in [-0.2, -0.15) is 0 Å². The average Bonchev–Trinajstić information content (AvgIpc) is 2.84. The Hall–Kier alpha value is -2.36. The highest BCUT2D eigenvalue weighted by Gasteiger charge is 2.08. The molecule has 0 aliphatic heterocycles. The molecule has 3 rings (SSSR count). The number of para-hydroxylation sites is 1. The summed E-state index contributed by atoms with van der Waals surface area (Å²) in [6.45, 7) is 2.86. The Kier molecular flexibility index (Phi) is 2.68. The van der Waals surface area contributed by atoms with Crippen LogP contribution in [-0.2, 0) is 0 Å². The Balaban J connectivity index is 2.03. The molecule has 0 saturated heterocycles. The number of anilines is 1. The van der Waals surface area contributed by atoms with Crippen molar-refractivity contribution in [1.82, 2.24) is 10.2 Å². The van der Waals surface area contributed by atoms with Gasteiger partial charge in [-0.25, -0.2) is 0 Å². The summed E-state index contributed by atoms with van der Waals surface area (Å²) >= 11 is 0. The Labute approximate surface area is 105 Å². The summed E-state index contributed by atoms with van der Waals surface area (Å²) in [5, 5.41) is 12.5. The Morgan fingerprint density at radius 1 is 1.11 bits per heavy atom. The van der Waals surface area contributed by atoms with Gasteiger partial charge in [0.25, 0.3) is 0 Å². The second-order valence-electron chi connectivity index (χ2n) is 3.98.